The van der Waals surface area contributed by atoms with E-state index in [4.69, 9.17) is 17.3 Å². The second kappa shape index (κ2) is 6.24. The number of halogens is 1. The van der Waals surface area contributed by atoms with Gasteiger partial charge in [0, 0.05) is 10.9 Å². The molecule has 2 N–H and O–H groups in total. The van der Waals surface area contributed by atoms with E-state index < -0.39 is 0 Å². The number of pyridine rings is 1. The Bertz CT molecular complexity index is 598. The van der Waals surface area contributed by atoms with Gasteiger partial charge in [-0.1, -0.05) is 17.7 Å². The first kappa shape index (κ1) is 14.8. The Hall–Kier alpha value is -1.59. The Morgan fingerprint density at radius 2 is 2.30 bits per heavy atom. The first-order chi connectivity index (χ1) is 9.49. The van der Waals surface area contributed by atoms with Gasteiger partial charge in [-0.25, -0.2) is 4.98 Å². The van der Waals surface area contributed by atoms with Crippen LogP contribution in [-0.4, -0.2) is 21.8 Å². The highest BCUT2D eigenvalue weighted by Gasteiger charge is 2.22. The zero-order chi connectivity index (χ0) is 14.7. The molecule has 2 heterocycles. The molecule has 0 spiro atoms. The van der Waals surface area contributed by atoms with Crippen molar-refractivity contribution < 1.29 is 4.79 Å². The number of nitrogens with two attached hydrogens (primary N) is 1. The minimum absolute atomic E-state index is 0.0575. The highest BCUT2D eigenvalue weighted by Crippen LogP contribution is 2.21. The number of hydrogen-bond donors (Lipinski definition) is 1. The topological polar surface area (TPSA) is 59.2 Å². The van der Waals surface area contributed by atoms with Gasteiger partial charge in [0.1, 0.15) is 5.15 Å². The molecule has 0 aliphatic heterocycles. The minimum Gasteiger partial charge on any atom is -0.397 e. The van der Waals surface area contributed by atoms with Crippen LogP contribution in [-0.2, 0) is 6.54 Å². The number of thiophene rings is 1. The Morgan fingerprint density at radius 3 is 2.90 bits per heavy atom. The maximum Gasteiger partial charge on any atom is 0.257 e. The van der Waals surface area contributed by atoms with Crippen LogP contribution in [0.1, 0.15) is 29.1 Å². The van der Waals surface area contributed by atoms with Crippen LogP contribution in [0, 0.1) is 0 Å². The van der Waals surface area contributed by atoms with E-state index in [0.29, 0.717) is 17.8 Å². The smallest absolute Gasteiger partial charge is 0.257 e. The van der Waals surface area contributed by atoms with Crippen LogP contribution >= 0.6 is 22.9 Å². The molecule has 0 atom stereocenters. The fourth-order valence-corrected chi connectivity index (χ4v) is 2.72. The SMILES string of the molecule is CC(C)N(Cc1cccs1)C(=O)c1cc(N)cnc1Cl. The summed E-state index contributed by atoms with van der Waals surface area (Å²) in [5.41, 5.74) is 6.46. The zero-order valence-electron chi connectivity index (χ0n) is 11.3. The molecule has 2 aromatic heterocycles. The average molecular weight is 310 g/mol. The summed E-state index contributed by atoms with van der Waals surface area (Å²) in [6.45, 7) is 4.50. The van der Waals surface area contributed by atoms with Gasteiger partial charge in [0.05, 0.1) is 24.0 Å². The van der Waals surface area contributed by atoms with E-state index in [1.165, 1.54) is 6.20 Å². The summed E-state index contributed by atoms with van der Waals surface area (Å²) in [7, 11) is 0. The molecule has 0 saturated carbocycles. The van der Waals surface area contributed by atoms with E-state index in [1.54, 1.807) is 22.3 Å². The quantitative estimate of drug-likeness (QED) is 0.880. The Labute approximate surface area is 127 Å². The molecule has 0 aliphatic carbocycles. The van der Waals surface area contributed by atoms with Gasteiger partial charge < -0.3 is 10.6 Å². The Balaban J connectivity index is 2.29. The van der Waals surface area contributed by atoms with Crippen molar-refractivity contribution in [2.24, 2.45) is 0 Å². The molecule has 0 aromatic carbocycles. The number of anilines is 1. The third-order valence-electron chi connectivity index (χ3n) is 2.88. The molecule has 0 unspecified atom stereocenters. The summed E-state index contributed by atoms with van der Waals surface area (Å²) >= 11 is 7.63. The number of carbonyl (C=O) groups is 1. The molecule has 1 amide bonds. The minimum atomic E-state index is -0.154. The van der Waals surface area contributed by atoms with Crippen LogP contribution in [0.25, 0.3) is 0 Å². The van der Waals surface area contributed by atoms with Gasteiger partial charge in [0.25, 0.3) is 5.91 Å². The third kappa shape index (κ3) is 3.29. The van der Waals surface area contributed by atoms with Crippen molar-refractivity contribution in [1.29, 1.82) is 0 Å². The molecule has 4 nitrogen and oxygen atoms in total. The molecule has 6 heteroatoms. The van der Waals surface area contributed by atoms with E-state index in [-0.39, 0.29) is 17.1 Å². The monoisotopic (exact) mass is 309 g/mol. The van der Waals surface area contributed by atoms with Crippen molar-refractivity contribution in [3.63, 3.8) is 0 Å². The Kier molecular flexibility index (Phi) is 4.62. The first-order valence-electron chi connectivity index (χ1n) is 6.23. The second-order valence-corrected chi connectivity index (χ2v) is 6.10. The van der Waals surface area contributed by atoms with Gasteiger partial charge in [0.2, 0.25) is 0 Å². The molecular formula is C14H16ClN3OS. The predicted molar refractivity (Wildman–Crippen MR) is 83.0 cm³/mol. The van der Waals surface area contributed by atoms with Crippen molar-refractivity contribution in [1.82, 2.24) is 9.88 Å². The fraction of sp³-hybridized carbons (Fsp3) is 0.286. The fourth-order valence-electron chi connectivity index (χ4n) is 1.83. The van der Waals surface area contributed by atoms with Gasteiger partial charge >= 0.3 is 0 Å². The maximum atomic E-state index is 12.6. The lowest BCUT2D eigenvalue weighted by Crippen LogP contribution is -2.36. The van der Waals surface area contributed by atoms with Crippen molar-refractivity contribution in [3.8, 4) is 0 Å². The molecule has 20 heavy (non-hydrogen) atoms. The standard InChI is InChI=1S/C14H16ClN3OS/c1-9(2)18(8-11-4-3-5-20-11)14(19)12-6-10(16)7-17-13(12)15/h3-7,9H,8,16H2,1-2H3. The van der Waals surface area contributed by atoms with Crippen LogP contribution < -0.4 is 5.73 Å². The summed E-state index contributed by atoms with van der Waals surface area (Å²) < 4.78 is 0. The van der Waals surface area contributed by atoms with E-state index >= 15 is 0 Å². The molecular weight excluding hydrogens is 294 g/mol. The van der Waals surface area contributed by atoms with Gasteiger partial charge in [-0.2, -0.15) is 0 Å². The van der Waals surface area contributed by atoms with Gasteiger partial charge in [-0.05, 0) is 31.4 Å². The number of nitrogen functional groups attached to an aromatic ring is 1. The molecule has 106 valence electrons. The highest BCUT2D eigenvalue weighted by atomic mass is 35.5. The molecule has 0 bridgehead atoms. The zero-order valence-corrected chi connectivity index (χ0v) is 12.9. The normalized spacial score (nSPS) is 10.8. The van der Waals surface area contributed by atoms with Crippen molar-refractivity contribution >= 4 is 34.5 Å². The summed E-state index contributed by atoms with van der Waals surface area (Å²) in [6.07, 6.45) is 1.44. The molecule has 2 rings (SSSR count). The summed E-state index contributed by atoms with van der Waals surface area (Å²) in [5.74, 6) is -0.154. The van der Waals surface area contributed by atoms with Gasteiger partial charge in [-0.3, -0.25) is 4.79 Å². The molecule has 0 aliphatic rings. The van der Waals surface area contributed by atoms with Crippen molar-refractivity contribution in [2.45, 2.75) is 26.4 Å². The lowest BCUT2D eigenvalue weighted by Gasteiger charge is -2.26. The summed E-state index contributed by atoms with van der Waals surface area (Å²) in [6, 6.07) is 5.61. The van der Waals surface area contributed by atoms with E-state index in [1.807, 2.05) is 31.4 Å². The second-order valence-electron chi connectivity index (χ2n) is 4.71. The van der Waals surface area contributed by atoms with Crippen LogP contribution in [0.2, 0.25) is 5.15 Å². The highest BCUT2D eigenvalue weighted by molar-refractivity contribution is 7.09. The number of carbonyl (C=O) groups excluding carboxylic acids is 1. The number of hydrogen-bond acceptors (Lipinski definition) is 4. The summed E-state index contributed by atoms with van der Waals surface area (Å²) in [4.78, 5) is 19.5. The molecule has 2 aromatic rings. The molecule has 0 fully saturated rings. The Morgan fingerprint density at radius 1 is 1.55 bits per heavy atom. The number of amides is 1. The summed E-state index contributed by atoms with van der Waals surface area (Å²) in [5, 5.41) is 2.17. The average Bonchev–Trinajstić information content (AvgIpc) is 2.90. The van der Waals surface area contributed by atoms with Crippen LogP contribution in [0.15, 0.2) is 29.8 Å². The van der Waals surface area contributed by atoms with Gasteiger partial charge in [-0.15, -0.1) is 11.3 Å². The number of nitrogens with zero attached hydrogens (tertiary/aromatic N) is 2. The van der Waals surface area contributed by atoms with E-state index in [2.05, 4.69) is 4.98 Å². The number of aromatic nitrogens is 1. The largest absolute Gasteiger partial charge is 0.397 e. The lowest BCUT2D eigenvalue weighted by molar-refractivity contribution is 0.0692. The van der Waals surface area contributed by atoms with Crippen LogP contribution in [0.4, 0.5) is 5.69 Å². The molecule has 0 radical (unpaired) electrons. The predicted octanol–water partition coefficient (Wildman–Crippen LogP) is 3.43. The van der Waals surface area contributed by atoms with Crippen LogP contribution in [0.5, 0.6) is 0 Å². The van der Waals surface area contributed by atoms with E-state index in [9.17, 15) is 4.79 Å². The molecule has 0 saturated heterocycles. The van der Waals surface area contributed by atoms with E-state index in [0.717, 1.165) is 4.88 Å². The number of rotatable bonds is 4. The van der Waals surface area contributed by atoms with Crippen LogP contribution in [0.3, 0.4) is 0 Å². The maximum absolute atomic E-state index is 12.6. The third-order valence-corrected chi connectivity index (χ3v) is 4.04. The lowest BCUT2D eigenvalue weighted by atomic mass is 10.2. The van der Waals surface area contributed by atoms with Crippen molar-refractivity contribution in [3.05, 3.63) is 45.4 Å². The van der Waals surface area contributed by atoms with Gasteiger partial charge in [0.15, 0.2) is 0 Å². The van der Waals surface area contributed by atoms with Crippen molar-refractivity contribution in [2.75, 3.05) is 5.73 Å². The first-order valence-corrected chi connectivity index (χ1v) is 7.49.